The molecule has 2 aromatic carbocycles. The zero-order chi connectivity index (χ0) is 33.2. The van der Waals surface area contributed by atoms with Crippen LogP contribution in [0.25, 0.3) is 55.8 Å². The Morgan fingerprint density at radius 3 is 2.50 bits per heavy atom. The fourth-order valence-electron chi connectivity index (χ4n) is 4.98. The number of pyridine rings is 2. The van der Waals surface area contributed by atoms with E-state index in [-0.39, 0.29) is 23.8 Å². The fraction of sp³-hybridized carbons (Fsp3) is 0.235. The molecule has 0 aliphatic heterocycles. The first-order valence-corrected chi connectivity index (χ1v) is 14.8. The Hall–Kier alpha value is -5.58. The number of carbonyl (C=O) groups is 1. The highest BCUT2D eigenvalue weighted by Gasteiger charge is 2.17. The van der Waals surface area contributed by atoms with Gasteiger partial charge in [-0.15, -0.1) is 0 Å². The third kappa shape index (κ3) is 7.73. The van der Waals surface area contributed by atoms with Gasteiger partial charge < -0.3 is 15.6 Å². The number of anilines is 1. The van der Waals surface area contributed by atoms with Crippen LogP contribution in [-0.4, -0.2) is 49.2 Å². The number of rotatable bonds is 8. The van der Waals surface area contributed by atoms with Crippen LogP contribution in [0, 0.1) is 11.7 Å². The summed E-state index contributed by atoms with van der Waals surface area (Å²) >= 11 is 0. The molecule has 0 aliphatic rings. The number of nitrogens with one attached hydrogen (secondary N) is 4. The number of hydrogen-bond donors (Lipinski definition) is 4. The van der Waals surface area contributed by atoms with Crippen LogP contribution in [0.15, 0.2) is 67.1 Å². The summed E-state index contributed by atoms with van der Waals surface area (Å²) in [4.78, 5) is 45.7. The minimum atomic E-state index is -0.295. The molecule has 0 saturated carbocycles. The van der Waals surface area contributed by atoms with Gasteiger partial charge in [-0.25, -0.2) is 14.4 Å². The van der Waals surface area contributed by atoms with Gasteiger partial charge in [-0.1, -0.05) is 39.8 Å². The highest BCUT2D eigenvalue weighted by Crippen LogP contribution is 2.33. The molecule has 46 heavy (non-hydrogen) atoms. The molecule has 6 aromatic rings. The van der Waals surface area contributed by atoms with Crippen LogP contribution < -0.4 is 10.6 Å². The third-order valence-electron chi connectivity index (χ3n) is 6.76. The summed E-state index contributed by atoms with van der Waals surface area (Å²) in [6.45, 7) is 8.57. The second-order valence-electron chi connectivity index (χ2n) is 10.6. The number of benzene rings is 2. The molecule has 0 bridgehead atoms. The maximum absolute atomic E-state index is 14.5. The van der Waals surface area contributed by atoms with E-state index in [1.807, 2.05) is 71.1 Å². The van der Waals surface area contributed by atoms with E-state index >= 15 is 0 Å². The second kappa shape index (κ2) is 15.4. The third-order valence-corrected chi connectivity index (χ3v) is 6.76. The van der Waals surface area contributed by atoms with Gasteiger partial charge in [0.25, 0.3) is 0 Å². The largest absolute Gasteiger partial charge is 0.373 e. The summed E-state index contributed by atoms with van der Waals surface area (Å²) in [5, 5.41) is 14.2. The number of carbonyl (C=O) groups excluding carboxylic acids is 3. The number of hydrogen-bond acceptors (Lipinski definition) is 8. The summed E-state index contributed by atoms with van der Waals surface area (Å²) in [6.07, 6.45) is 5.78. The van der Waals surface area contributed by atoms with Gasteiger partial charge in [0.15, 0.2) is 11.5 Å². The van der Waals surface area contributed by atoms with Gasteiger partial charge in [-0.2, -0.15) is 14.7 Å². The molecule has 12 heteroatoms. The molecule has 0 radical (unpaired) electrons. The van der Waals surface area contributed by atoms with E-state index in [4.69, 9.17) is 14.6 Å². The minimum Gasteiger partial charge on any atom is -0.337 e. The van der Waals surface area contributed by atoms with Gasteiger partial charge >= 0.3 is 6.15 Å². The van der Waals surface area contributed by atoms with Crippen LogP contribution in [0.4, 0.5) is 10.1 Å². The lowest BCUT2D eigenvalue weighted by atomic mass is 10.0. The molecule has 6 rings (SSSR count). The first-order chi connectivity index (χ1) is 22.3. The number of amides is 1. The van der Waals surface area contributed by atoms with Crippen molar-refractivity contribution in [2.24, 2.45) is 5.92 Å². The van der Waals surface area contributed by atoms with E-state index in [2.05, 4.69) is 35.8 Å². The molecule has 4 N–H and O–H groups in total. The highest BCUT2D eigenvalue weighted by molar-refractivity contribution is 5.97. The summed E-state index contributed by atoms with van der Waals surface area (Å²) in [6, 6.07) is 14.7. The van der Waals surface area contributed by atoms with Crippen LogP contribution in [0.2, 0.25) is 0 Å². The molecule has 0 atom stereocenters. The predicted molar refractivity (Wildman–Crippen MR) is 175 cm³/mol. The molecule has 4 aromatic heterocycles. The van der Waals surface area contributed by atoms with E-state index < -0.39 is 0 Å². The lowest BCUT2D eigenvalue weighted by Gasteiger charge is -2.08. The molecule has 11 nitrogen and oxygen atoms in total. The summed E-state index contributed by atoms with van der Waals surface area (Å²) in [5.41, 5.74) is 7.46. The number of imidazole rings is 1. The minimum absolute atomic E-state index is 0.0506. The highest BCUT2D eigenvalue weighted by atomic mass is 19.1. The number of para-hydroxylation sites is 1. The zero-order valence-corrected chi connectivity index (χ0v) is 26.2. The molecular weight excluding hydrogens is 587 g/mol. The molecule has 4 heterocycles. The van der Waals surface area contributed by atoms with Gasteiger partial charge in [0.1, 0.15) is 11.5 Å². The number of aromatic amines is 2. The van der Waals surface area contributed by atoms with E-state index in [1.54, 1.807) is 18.6 Å². The van der Waals surface area contributed by atoms with Crippen molar-refractivity contribution in [1.82, 2.24) is 35.5 Å². The van der Waals surface area contributed by atoms with Crippen molar-refractivity contribution in [1.29, 1.82) is 0 Å². The summed E-state index contributed by atoms with van der Waals surface area (Å²) in [7, 11) is 1.83. The number of H-pyrrole nitrogens is 2. The van der Waals surface area contributed by atoms with Crippen molar-refractivity contribution in [3.63, 3.8) is 0 Å². The fourth-order valence-corrected chi connectivity index (χ4v) is 4.98. The normalized spacial score (nSPS) is 10.6. The van der Waals surface area contributed by atoms with Crippen LogP contribution in [0.1, 0.15) is 39.7 Å². The average molecular weight is 623 g/mol. The van der Waals surface area contributed by atoms with Crippen molar-refractivity contribution in [3.05, 3.63) is 78.5 Å². The van der Waals surface area contributed by atoms with Crippen molar-refractivity contribution < 1.29 is 18.8 Å². The van der Waals surface area contributed by atoms with Crippen molar-refractivity contribution in [3.8, 4) is 33.8 Å². The molecule has 1 amide bonds. The quantitative estimate of drug-likeness (QED) is 0.149. The standard InChI is InChI=1S/C31H29FN8O.C2H6.CO2/c1-17(2)7-27(41)36-23-11-20(14-34-16-23)21-12-25-29(39-40-30(25)35-15-21)31-37-26-6-4-5-24(28(26)38-31)19-8-18(13-33-3)9-22(32)10-19;1-2;2-1-3/h4-6,8-12,14-17,33H,7,13H2,1-3H3,(H,36,41)(H,37,38)(H,35,39,40);1-2H3;. The topological polar surface area (TPSA) is 158 Å². The van der Waals surface area contributed by atoms with Crippen molar-refractivity contribution in [2.75, 3.05) is 12.4 Å². The number of fused-ring (bicyclic) bond motifs is 2. The Kier molecular flexibility index (Phi) is 11.2. The van der Waals surface area contributed by atoms with Crippen molar-refractivity contribution in [2.45, 2.75) is 40.7 Å². The summed E-state index contributed by atoms with van der Waals surface area (Å²) < 4.78 is 14.5. The molecule has 0 saturated heterocycles. The molecule has 236 valence electrons. The van der Waals surface area contributed by atoms with Gasteiger partial charge in [-0.05, 0) is 60.5 Å². The van der Waals surface area contributed by atoms with Gasteiger partial charge in [0, 0.05) is 42.0 Å². The monoisotopic (exact) mass is 622 g/mol. The molecule has 0 spiro atoms. The number of aromatic nitrogens is 6. The summed E-state index contributed by atoms with van der Waals surface area (Å²) in [5.74, 6) is 0.506. The van der Waals surface area contributed by atoms with E-state index in [9.17, 15) is 9.18 Å². The smallest absolute Gasteiger partial charge is 0.337 e. The Morgan fingerprint density at radius 1 is 1.00 bits per heavy atom. The Labute approximate surface area is 265 Å². The van der Waals surface area contributed by atoms with Gasteiger partial charge in [0.2, 0.25) is 5.91 Å². The van der Waals surface area contributed by atoms with Crippen LogP contribution in [-0.2, 0) is 20.9 Å². The Balaban J connectivity index is 0.000000908. The lowest BCUT2D eigenvalue weighted by molar-refractivity contribution is -0.191. The first kappa shape index (κ1) is 33.3. The predicted octanol–water partition coefficient (Wildman–Crippen LogP) is 6.52. The average Bonchev–Trinajstić information content (AvgIpc) is 3.66. The Bertz CT molecular complexity index is 1990. The number of halogens is 1. The van der Waals surface area contributed by atoms with E-state index in [0.29, 0.717) is 35.8 Å². The van der Waals surface area contributed by atoms with Gasteiger partial charge in [-0.3, -0.25) is 14.9 Å². The first-order valence-electron chi connectivity index (χ1n) is 14.8. The lowest BCUT2D eigenvalue weighted by Crippen LogP contribution is -2.13. The number of nitrogens with zero attached hydrogens (tertiary/aromatic N) is 4. The van der Waals surface area contributed by atoms with Crippen LogP contribution in [0.3, 0.4) is 0 Å². The van der Waals surface area contributed by atoms with Crippen molar-refractivity contribution >= 4 is 39.8 Å². The molecular formula is C34H35FN8O3. The maximum Gasteiger partial charge on any atom is 0.373 e. The molecule has 0 fully saturated rings. The maximum atomic E-state index is 14.5. The van der Waals surface area contributed by atoms with Gasteiger partial charge in [0.05, 0.1) is 28.3 Å². The molecule has 0 aliphatic carbocycles. The Morgan fingerprint density at radius 2 is 1.76 bits per heavy atom. The SMILES string of the molecule is CC.CNCc1cc(F)cc(-c2cccc3[nH]c(-c4[nH]nc5ncc(-c6cncc(NC(=O)CC(C)C)c6)cc45)nc23)c1.O=C=O. The zero-order valence-electron chi connectivity index (χ0n) is 26.2. The second-order valence-corrected chi connectivity index (χ2v) is 10.6. The van der Waals surface area contributed by atoms with Crippen LogP contribution in [0.5, 0.6) is 0 Å². The van der Waals surface area contributed by atoms with E-state index in [0.717, 1.165) is 44.2 Å². The van der Waals surface area contributed by atoms with E-state index in [1.165, 1.54) is 12.1 Å². The molecule has 0 unspecified atom stereocenters. The van der Waals surface area contributed by atoms with Crippen LogP contribution >= 0.6 is 0 Å².